The van der Waals surface area contributed by atoms with Crippen molar-refractivity contribution in [2.75, 3.05) is 13.7 Å². The van der Waals surface area contributed by atoms with Gasteiger partial charge in [-0.2, -0.15) is 0 Å². The fourth-order valence-corrected chi connectivity index (χ4v) is 3.07. The Kier molecular flexibility index (Phi) is 1.88. The molecule has 3 aliphatic rings. The molecule has 3 nitrogen and oxygen atoms in total. The number of oxime groups is 1. The van der Waals surface area contributed by atoms with E-state index in [0.717, 1.165) is 5.71 Å². The van der Waals surface area contributed by atoms with Gasteiger partial charge in [0, 0.05) is 11.8 Å². The van der Waals surface area contributed by atoms with Gasteiger partial charge >= 0.3 is 0 Å². The van der Waals surface area contributed by atoms with Crippen LogP contribution in [0.5, 0.6) is 0 Å². The summed E-state index contributed by atoms with van der Waals surface area (Å²) in [5.41, 5.74) is 1.41. The number of hydrogen-bond donors (Lipinski definition) is 1. The molecule has 3 heteroatoms. The lowest BCUT2D eigenvalue weighted by molar-refractivity contribution is 0.0324. The zero-order valence-electron chi connectivity index (χ0n) is 8.45. The van der Waals surface area contributed by atoms with Crippen LogP contribution in [-0.4, -0.2) is 24.5 Å². The van der Waals surface area contributed by atoms with Crippen LogP contribution in [-0.2, 0) is 4.84 Å². The maximum absolute atomic E-state index is 9.26. The van der Waals surface area contributed by atoms with Crippen molar-refractivity contribution in [3.8, 4) is 0 Å². The van der Waals surface area contributed by atoms with Gasteiger partial charge in [-0.3, -0.25) is 0 Å². The summed E-state index contributed by atoms with van der Waals surface area (Å²) in [6.45, 7) is 4.73. The first-order valence-corrected chi connectivity index (χ1v) is 4.84. The Morgan fingerprint density at radius 2 is 2.31 bits per heavy atom. The molecule has 3 aliphatic carbocycles. The van der Waals surface area contributed by atoms with Crippen LogP contribution in [0.2, 0.25) is 0 Å². The van der Waals surface area contributed by atoms with Crippen molar-refractivity contribution in [3.63, 3.8) is 0 Å². The minimum atomic E-state index is 0.215. The monoisotopic (exact) mass is 183 g/mol. The van der Waals surface area contributed by atoms with Crippen LogP contribution < -0.4 is 0 Å². The second-order valence-corrected chi connectivity index (χ2v) is 4.70. The van der Waals surface area contributed by atoms with E-state index in [1.54, 1.807) is 7.11 Å². The molecule has 0 amide bonds. The quantitative estimate of drug-likeness (QED) is 0.655. The third-order valence-corrected chi connectivity index (χ3v) is 3.96. The Hall–Kier alpha value is -0.570. The Bertz CT molecular complexity index is 247. The maximum Gasteiger partial charge on any atom is 0.106 e. The Balaban J connectivity index is 2.26. The number of hydrogen-bond acceptors (Lipinski definition) is 3. The number of aliphatic hydroxyl groups excluding tert-OH is 1. The van der Waals surface area contributed by atoms with Gasteiger partial charge in [0.15, 0.2) is 0 Å². The van der Waals surface area contributed by atoms with E-state index in [2.05, 4.69) is 19.0 Å². The topological polar surface area (TPSA) is 41.8 Å². The van der Waals surface area contributed by atoms with Gasteiger partial charge in [-0.15, -0.1) is 0 Å². The van der Waals surface area contributed by atoms with Crippen molar-refractivity contribution in [3.05, 3.63) is 0 Å². The summed E-state index contributed by atoms with van der Waals surface area (Å²) >= 11 is 0. The molecular formula is C10H17NO2. The number of rotatable bonds is 2. The van der Waals surface area contributed by atoms with Crippen LogP contribution in [0.1, 0.15) is 20.3 Å². The SMILES string of the molecule is CO/N=C1/C(CO)C2CC1C2(C)C. The van der Waals surface area contributed by atoms with E-state index in [4.69, 9.17) is 4.84 Å². The molecule has 0 spiro atoms. The average molecular weight is 183 g/mol. The number of aliphatic hydroxyl groups is 1. The van der Waals surface area contributed by atoms with Crippen molar-refractivity contribution < 1.29 is 9.94 Å². The summed E-state index contributed by atoms with van der Waals surface area (Å²) in [4.78, 5) is 4.83. The molecule has 3 rings (SSSR count). The van der Waals surface area contributed by atoms with E-state index in [1.165, 1.54) is 6.42 Å². The molecule has 74 valence electrons. The zero-order valence-corrected chi connectivity index (χ0v) is 8.45. The predicted molar refractivity (Wildman–Crippen MR) is 50.4 cm³/mol. The fraction of sp³-hybridized carbons (Fsp3) is 0.900. The Morgan fingerprint density at radius 3 is 2.77 bits per heavy atom. The van der Waals surface area contributed by atoms with Gasteiger partial charge in [0.2, 0.25) is 0 Å². The summed E-state index contributed by atoms with van der Waals surface area (Å²) in [7, 11) is 1.57. The lowest BCUT2D eigenvalue weighted by Crippen LogP contribution is -2.39. The maximum atomic E-state index is 9.26. The summed E-state index contributed by atoms with van der Waals surface area (Å²) < 4.78 is 0. The fourth-order valence-electron chi connectivity index (χ4n) is 3.07. The smallest absolute Gasteiger partial charge is 0.106 e. The standard InChI is InChI=1S/C10H17NO2/c1-10(2)7-4-8(10)9(11-13-3)6(7)5-12/h6-8,12H,4-5H2,1-3H3/b11-9-. The zero-order chi connectivity index (χ0) is 9.64. The van der Waals surface area contributed by atoms with Crippen LogP contribution in [0.4, 0.5) is 0 Å². The second-order valence-electron chi connectivity index (χ2n) is 4.70. The number of fused-ring (bicyclic) bond motifs is 1. The van der Waals surface area contributed by atoms with Gasteiger partial charge in [-0.1, -0.05) is 19.0 Å². The molecule has 3 saturated carbocycles. The first kappa shape index (κ1) is 9.00. The molecule has 0 radical (unpaired) electrons. The van der Waals surface area contributed by atoms with Crippen LogP contribution in [0.15, 0.2) is 5.16 Å². The van der Waals surface area contributed by atoms with Crippen molar-refractivity contribution in [2.24, 2.45) is 28.3 Å². The van der Waals surface area contributed by atoms with Gasteiger partial charge in [0.05, 0.1) is 12.3 Å². The first-order valence-electron chi connectivity index (χ1n) is 4.84. The minimum absolute atomic E-state index is 0.215. The van der Waals surface area contributed by atoms with E-state index in [9.17, 15) is 5.11 Å². The van der Waals surface area contributed by atoms with Gasteiger partial charge < -0.3 is 9.94 Å². The van der Waals surface area contributed by atoms with Crippen LogP contribution >= 0.6 is 0 Å². The summed E-state index contributed by atoms with van der Waals surface area (Å²) in [6.07, 6.45) is 1.18. The minimum Gasteiger partial charge on any atom is -0.399 e. The van der Waals surface area contributed by atoms with Gasteiger partial charge in [0.25, 0.3) is 0 Å². The van der Waals surface area contributed by atoms with Crippen molar-refractivity contribution in [1.29, 1.82) is 0 Å². The summed E-state index contributed by atoms with van der Waals surface area (Å²) in [5, 5.41) is 13.3. The third kappa shape index (κ3) is 0.966. The molecule has 0 aliphatic heterocycles. The molecular weight excluding hydrogens is 166 g/mol. The molecule has 0 saturated heterocycles. The number of nitrogens with zero attached hydrogens (tertiary/aromatic N) is 1. The van der Waals surface area contributed by atoms with E-state index in [-0.39, 0.29) is 12.5 Å². The van der Waals surface area contributed by atoms with E-state index in [0.29, 0.717) is 17.3 Å². The molecule has 3 fully saturated rings. The molecule has 0 aromatic heterocycles. The van der Waals surface area contributed by atoms with Crippen molar-refractivity contribution in [2.45, 2.75) is 20.3 Å². The Morgan fingerprint density at radius 1 is 1.62 bits per heavy atom. The molecule has 1 N–H and O–H groups in total. The second kappa shape index (κ2) is 2.71. The van der Waals surface area contributed by atoms with Crippen molar-refractivity contribution in [1.82, 2.24) is 0 Å². The Labute approximate surface area is 78.8 Å². The predicted octanol–water partition coefficient (Wildman–Crippen LogP) is 1.27. The molecule has 2 bridgehead atoms. The molecule has 13 heavy (non-hydrogen) atoms. The molecule has 3 unspecified atom stereocenters. The van der Waals surface area contributed by atoms with Crippen LogP contribution in [0.25, 0.3) is 0 Å². The third-order valence-electron chi connectivity index (χ3n) is 3.96. The van der Waals surface area contributed by atoms with E-state index >= 15 is 0 Å². The lowest BCUT2D eigenvalue weighted by Gasteiger charge is -2.44. The summed E-state index contributed by atoms with van der Waals surface area (Å²) in [6, 6.07) is 0. The van der Waals surface area contributed by atoms with Crippen LogP contribution in [0.3, 0.4) is 0 Å². The lowest BCUT2D eigenvalue weighted by atomic mass is 9.60. The largest absolute Gasteiger partial charge is 0.399 e. The van der Waals surface area contributed by atoms with Gasteiger partial charge in [-0.25, -0.2) is 0 Å². The highest BCUT2D eigenvalue weighted by molar-refractivity contribution is 5.94. The molecule has 0 aromatic carbocycles. The molecule has 3 atom stereocenters. The van der Waals surface area contributed by atoms with Gasteiger partial charge in [0.1, 0.15) is 7.11 Å². The van der Waals surface area contributed by atoms with E-state index < -0.39 is 0 Å². The van der Waals surface area contributed by atoms with Crippen molar-refractivity contribution >= 4 is 5.71 Å². The first-order chi connectivity index (χ1) is 6.12. The normalized spacial score (nSPS) is 43.4. The summed E-state index contributed by atoms with van der Waals surface area (Å²) in [5.74, 6) is 1.39. The highest BCUT2D eigenvalue weighted by Crippen LogP contribution is 2.62. The van der Waals surface area contributed by atoms with Gasteiger partial charge in [-0.05, 0) is 17.8 Å². The van der Waals surface area contributed by atoms with Crippen LogP contribution in [0, 0.1) is 23.2 Å². The molecule has 0 heterocycles. The molecule has 0 aromatic rings. The highest BCUT2D eigenvalue weighted by atomic mass is 16.6. The average Bonchev–Trinajstić information content (AvgIpc) is 2.55. The van der Waals surface area contributed by atoms with E-state index in [1.807, 2.05) is 0 Å². The highest BCUT2D eigenvalue weighted by Gasteiger charge is 2.62.